The van der Waals surface area contributed by atoms with Crippen molar-refractivity contribution >= 4 is 47.0 Å². The molecule has 27 heavy (non-hydrogen) atoms. The second-order valence-corrected chi connectivity index (χ2v) is 7.84. The van der Waals surface area contributed by atoms with Crippen LogP contribution in [-0.2, 0) is 6.42 Å². The smallest absolute Gasteiger partial charge is 0.191 e. The first-order valence-corrected chi connectivity index (χ1v) is 9.84. The number of thiazole rings is 1. The highest BCUT2D eigenvalue weighted by Crippen LogP contribution is 2.20. The van der Waals surface area contributed by atoms with Crippen molar-refractivity contribution in [3.05, 3.63) is 46.2 Å². The van der Waals surface area contributed by atoms with Crippen LogP contribution in [0.25, 0.3) is 0 Å². The molecule has 0 saturated carbocycles. The van der Waals surface area contributed by atoms with Crippen LogP contribution in [0.4, 0.5) is 10.1 Å². The molecule has 5 nitrogen and oxygen atoms in total. The highest BCUT2D eigenvalue weighted by molar-refractivity contribution is 14.0. The maximum atomic E-state index is 13.5. The number of piperidine rings is 1. The minimum absolute atomic E-state index is 0. The van der Waals surface area contributed by atoms with Crippen molar-refractivity contribution in [1.82, 2.24) is 15.6 Å². The fourth-order valence-electron chi connectivity index (χ4n) is 3.20. The summed E-state index contributed by atoms with van der Waals surface area (Å²) in [6.45, 7) is 4.67. The molecule has 0 radical (unpaired) electrons. The molecule has 0 amide bonds. The van der Waals surface area contributed by atoms with Gasteiger partial charge < -0.3 is 15.5 Å². The molecule has 0 bridgehead atoms. The van der Waals surface area contributed by atoms with E-state index in [1.165, 1.54) is 10.9 Å². The van der Waals surface area contributed by atoms with Gasteiger partial charge in [0.05, 0.1) is 5.01 Å². The summed E-state index contributed by atoms with van der Waals surface area (Å²) in [5, 5.41) is 8.00. The van der Waals surface area contributed by atoms with Crippen LogP contribution in [-0.4, -0.2) is 43.7 Å². The Balaban J connectivity index is 0.00000261. The number of rotatable bonds is 5. The quantitative estimate of drug-likeness (QED) is 0.372. The van der Waals surface area contributed by atoms with Crippen LogP contribution in [0.3, 0.4) is 0 Å². The number of hydrogen-bond donors (Lipinski definition) is 2. The SMILES string of the molecule is CN=C(NCCc1ncc(C)s1)NC1CCCN(c2cccc(F)c2)C1.I. The lowest BCUT2D eigenvalue weighted by Crippen LogP contribution is -2.51. The third kappa shape index (κ3) is 6.60. The van der Waals surface area contributed by atoms with E-state index in [-0.39, 0.29) is 29.8 Å². The van der Waals surface area contributed by atoms with Crippen molar-refractivity contribution in [3.8, 4) is 0 Å². The molecule has 0 spiro atoms. The fraction of sp³-hybridized carbons (Fsp3) is 0.474. The lowest BCUT2D eigenvalue weighted by molar-refractivity contribution is 0.467. The molecule has 1 aromatic carbocycles. The molecule has 0 aliphatic carbocycles. The van der Waals surface area contributed by atoms with Gasteiger partial charge in [0.25, 0.3) is 0 Å². The van der Waals surface area contributed by atoms with Gasteiger partial charge in [-0.3, -0.25) is 4.99 Å². The molecule has 2 heterocycles. The lowest BCUT2D eigenvalue weighted by atomic mass is 10.0. The van der Waals surface area contributed by atoms with E-state index in [4.69, 9.17) is 0 Å². The van der Waals surface area contributed by atoms with Crippen molar-refractivity contribution in [1.29, 1.82) is 0 Å². The standard InChI is InChI=1S/C19H26FN5S.HI/c1-14-12-23-18(26-14)8-9-22-19(21-2)24-16-6-4-10-25(13-16)17-7-3-5-15(20)11-17;/h3,5,7,11-12,16H,4,6,8-10,13H2,1-2H3,(H2,21,22,24);1H. The van der Waals surface area contributed by atoms with E-state index in [9.17, 15) is 4.39 Å². The van der Waals surface area contributed by atoms with Crippen molar-refractivity contribution in [3.63, 3.8) is 0 Å². The number of hydrogen-bond acceptors (Lipinski definition) is 4. The number of aliphatic imine (C=N–C) groups is 1. The normalized spacial score (nSPS) is 17.4. The average Bonchev–Trinajstić information content (AvgIpc) is 3.06. The zero-order chi connectivity index (χ0) is 18.4. The van der Waals surface area contributed by atoms with E-state index in [1.807, 2.05) is 12.3 Å². The summed E-state index contributed by atoms with van der Waals surface area (Å²) in [6, 6.07) is 7.11. The van der Waals surface area contributed by atoms with E-state index >= 15 is 0 Å². The van der Waals surface area contributed by atoms with E-state index < -0.39 is 0 Å². The van der Waals surface area contributed by atoms with Gasteiger partial charge in [-0.15, -0.1) is 35.3 Å². The average molecular weight is 503 g/mol. The topological polar surface area (TPSA) is 52.6 Å². The molecule has 2 aromatic rings. The van der Waals surface area contributed by atoms with E-state index in [0.29, 0.717) is 6.04 Å². The highest BCUT2D eigenvalue weighted by Gasteiger charge is 2.21. The van der Waals surface area contributed by atoms with Gasteiger partial charge in [-0.2, -0.15) is 0 Å². The minimum Gasteiger partial charge on any atom is -0.369 e. The summed E-state index contributed by atoms with van der Waals surface area (Å²) < 4.78 is 13.5. The maximum Gasteiger partial charge on any atom is 0.191 e. The largest absolute Gasteiger partial charge is 0.369 e. The lowest BCUT2D eigenvalue weighted by Gasteiger charge is -2.35. The first-order chi connectivity index (χ1) is 12.6. The van der Waals surface area contributed by atoms with Gasteiger partial charge in [0.2, 0.25) is 0 Å². The molecule has 148 valence electrons. The maximum absolute atomic E-state index is 13.5. The molecule has 1 unspecified atom stereocenters. The minimum atomic E-state index is -0.188. The summed E-state index contributed by atoms with van der Waals surface area (Å²) in [5.74, 6) is 0.622. The van der Waals surface area contributed by atoms with Gasteiger partial charge in [-0.25, -0.2) is 9.37 Å². The monoisotopic (exact) mass is 503 g/mol. The van der Waals surface area contributed by atoms with Crippen LogP contribution in [0.5, 0.6) is 0 Å². The third-order valence-electron chi connectivity index (χ3n) is 4.46. The van der Waals surface area contributed by atoms with Gasteiger partial charge in [-0.05, 0) is 38.0 Å². The third-order valence-corrected chi connectivity index (χ3v) is 5.43. The molecule has 1 aliphatic rings. The Bertz CT molecular complexity index is 751. The first kappa shape index (κ1) is 21.9. The van der Waals surface area contributed by atoms with E-state index in [1.54, 1.807) is 30.5 Å². The van der Waals surface area contributed by atoms with Crippen molar-refractivity contribution in [2.24, 2.45) is 4.99 Å². The molecular formula is C19H27FIN5S. The van der Waals surface area contributed by atoms with Gasteiger partial charge in [0, 0.05) is 55.9 Å². The van der Waals surface area contributed by atoms with Gasteiger partial charge in [0.15, 0.2) is 5.96 Å². The summed E-state index contributed by atoms with van der Waals surface area (Å²) in [6.07, 6.45) is 4.96. The molecule has 3 rings (SSSR count). The van der Waals surface area contributed by atoms with Crippen LogP contribution in [0.1, 0.15) is 22.7 Å². The zero-order valence-electron chi connectivity index (χ0n) is 15.7. The molecule has 8 heteroatoms. The Morgan fingerprint density at radius 2 is 2.30 bits per heavy atom. The number of aromatic nitrogens is 1. The molecular weight excluding hydrogens is 476 g/mol. The Morgan fingerprint density at radius 1 is 1.44 bits per heavy atom. The molecule has 1 fully saturated rings. The van der Waals surface area contributed by atoms with Crippen molar-refractivity contribution in [2.75, 3.05) is 31.6 Å². The summed E-state index contributed by atoms with van der Waals surface area (Å²) >= 11 is 1.73. The van der Waals surface area contributed by atoms with Gasteiger partial charge in [0.1, 0.15) is 5.82 Å². The first-order valence-electron chi connectivity index (χ1n) is 9.03. The van der Waals surface area contributed by atoms with Crippen LogP contribution in [0.15, 0.2) is 35.5 Å². The number of nitrogens with one attached hydrogen (secondary N) is 2. The van der Waals surface area contributed by atoms with E-state index in [0.717, 1.165) is 55.6 Å². The second-order valence-electron chi connectivity index (χ2n) is 6.52. The Hall–Kier alpha value is -1.42. The van der Waals surface area contributed by atoms with Gasteiger partial charge in [-0.1, -0.05) is 6.07 Å². The predicted molar refractivity (Wildman–Crippen MR) is 122 cm³/mol. The number of nitrogens with zero attached hydrogens (tertiary/aromatic N) is 3. The summed E-state index contributed by atoms with van der Waals surface area (Å²) in [5.41, 5.74) is 0.943. The molecule has 1 aromatic heterocycles. The van der Waals surface area contributed by atoms with Crippen LogP contribution in [0.2, 0.25) is 0 Å². The fourth-order valence-corrected chi connectivity index (χ4v) is 3.98. The zero-order valence-corrected chi connectivity index (χ0v) is 18.9. The molecule has 1 aliphatic heterocycles. The number of anilines is 1. The summed E-state index contributed by atoms with van der Waals surface area (Å²) in [4.78, 5) is 12.2. The van der Waals surface area contributed by atoms with Gasteiger partial charge >= 0.3 is 0 Å². The Morgan fingerprint density at radius 3 is 3.00 bits per heavy atom. The molecule has 1 atom stereocenters. The Kier molecular flexibility index (Phi) is 8.75. The number of benzene rings is 1. The highest BCUT2D eigenvalue weighted by atomic mass is 127. The van der Waals surface area contributed by atoms with Crippen LogP contribution >= 0.6 is 35.3 Å². The Labute approximate surface area is 181 Å². The number of halogens is 2. The second kappa shape index (κ2) is 10.8. The molecule has 2 N–H and O–H groups in total. The van der Waals surface area contributed by atoms with E-state index in [2.05, 4.69) is 32.4 Å². The number of guanidine groups is 1. The summed E-state index contributed by atoms with van der Waals surface area (Å²) in [7, 11) is 1.79. The van der Waals surface area contributed by atoms with Crippen molar-refractivity contribution in [2.45, 2.75) is 32.2 Å². The molecule has 1 saturated heterocycles. The predicted octanol–water partition coefficient (Wildman–Crippen LogP) is 3.59. The van der Waals surface area contributed by atoms with Crippen LogP contribution < -0.4 is 15.5 Å². The van der Waals surface area contributed by atoms with Crippen LogP contribution in [0, 0.1) is 12.7 Å². The number of aryl methyl sites for hydroxylation is 1. The van der Waals surface area contributed by atoms with Crippen molar-refractivity contribution < 1.29 is 4.39 Å².